The fourth-order valence-corrected chi connectivity index (χ4v) is 4.20. The predicted octanol–water partition coefficient (Wildman–Crippen LogP) is 8.08. The first-order valence-corrected chi connectivity index (χ1v) is 15.6. The highest BCUT2D eigenvalue weighted by Crippen LogP contribution is 2.23. The van der Waals surface area contributed by atoms with Gasteiger partial charge in [-0.1, -0.05) is 113 Å². The van der Waals surface area contributed by atoms with Crippen molar-refractivity contribution in [1.29, 1.82) is 0 Å². The van der Waals surface area contributed by atoms with Crippen LogP contribution in [-0.4, -0.2) is 43.1 Å². The maximum Gasteiger partial charge on any atom is 0.326 e. The lowest BCUT2D eigenvalue weighted by Gasteiger charge is -2.25. The summed E-state index contributed by atoms with van der Waals surface area (Å²) in [5.41, 5.74) is -1.64. The van der Waals surface area contributed by atoms with E-state index in [9.17, 15) is 14.4 Å². The van der Waals surface area contributed by atoms with Gasteiger partial charge in [-0.15, -0.1) is 0 Å². The van der Waals surface area contributed by atoms with Crippen molar-refractivity contribution in [2.75, 3.05) is 25.2 Å². The Morgan fingerprint density at radius 2 is 1.00 bits per heavy atom. The molecule has 0 atom stereocenters. The molecule has 0 spiro atoms. The largest absolute Gasteiger partial charge is 0.465 e. The summed E-state index contributed by atoms with van der Waals surface area (Å²) < 4.78 is 16.3. The van der Waals surface area contributed by atoms with Crippen molar-refractivity contribution in [1.82, 2.24) is 0 Å². The predicted molar refractivity (Wildman–Crippen MR) is 149 cm³/mol. The Bertz CT molecular complexity index is 536. The molecule has 0 saturated heterocycles. The van der Waals surface area contributed by atoms with Crippen molar-refractivity contribution in [3.05, 3.63) is 0 Å². The summed E-state index contributed by atoms with van der Waals surface area (Å²) in [4.78, 5) is 38.1. The van der Waals surface area contributed by atoms with E-state index in [0.29, 0.717) is 0 Å². The van der Waals surface area contributed by atoms with Crippen LogP contribution in [0.1, 0.15) is 136 Å². The molecule has 0 saturated carbocycles. The van der Waals surface area contributed by atoms with Gasteiger partial charge in [0.05, 0.1) is 13.2 Å². The van der Waals surface area contributed by atoms with Crippen molar-refractivity contribution >= 4 is 33.8 Å². The van der Waals surface area contributed by atoms with Crippen LogP contribution in [0.3, 0.4) is 0 Å². The number of esters is 3. The molecule has 0 heterocycles. The van der Waals surface area contributed by atoms with Gasteiger partial charge in [0.1, 0.15) is 6.61 Å². The van der Waals surface area contributed by atoms with Crippen molar-refractivity contribution in [2.24, 2.45) is 5.41 Å². The van der Waals surface area contributed by atoms with Gasteiger partial charge in [-0.25, -0.2) is 0 Å². The molecule has 0 unspecified atom stereocenters. The molecule has 0 aliphatic carbocycles. The van der Waals surface area contributed by atoms with E-state index in [1.807, 2.05) is 0 Å². The molecule has 0 N–H and O–H groups in total. The number of rotatable bonds is 25. The van der Waals surface area contributed by atoms with Crippen LogP contribution in [0.5, 0.6) is 0 Å². The number of alkyl halides is 1. The summed E-state index contributed by atoms with van der Waals surface area (Å²) in [6, 6.07) is 0. The molecular weight excluding hydrogens is 524 g/mol. The van der Waals surface area contributed by atoms with Gasteiger partial charge in [0.2, 0.25) is 0 Å². The molecule has 0 fully saturated rings. The van der Waals surface area contributed by atoms with E-state index in [4.69, 9.17) is 14.2 Å². The zero-order valence-electron chi connectivity index (χ0n) is 23.4. The second-order valence-electron chi connectivity index (χ2n) is 10.0. The normalized spacial score (nSPS) is 11.3. The Morgan fingerprint density at radius 3 is 1.47 bits per heavy atom. The van der Waals surface area contributed by atoms with Gasteiger partial charge in [-0.05, 0) is 32.6 Å². The molecule has 0 bridgehead atoms. The minimum Gasteiger partial charge on any atom is -0.465 e. The summed E-state index contributed by atoms with van der Waals surface area (Å²) in [5, 5.41) is 0.998. The molecule has 6 nitrogen and oxygen atoms in total. The molecule has 212 valence electrons. The lowest BCUT2D eigenvalue weighted by Crippen LogP contribution is -2.44. The molecule has 0 rings (SSSR count). The highest BCUT2D eigenvalue weighted by molar-refractivity contribution is 9.09. The SMILES string of the molecule is CCCCCCCCOC(=O)C(C)(COC(=O)CCCCCCCBr)C(=O)OCCCCCCCC. The minimum absolute atomic E-state index is 0.258. The maximum absolute atomic E-state index is 12.9. The first-order valence-electron chi connectivity index (χ1n) is 14.5. The molecule has 0 radical (unpaired) electrons. The van der Waals surface area contributed by atoms with Gasteiger partial charge in [0.25, 0.3) is 0 Å². The fraction of sp³-hybridized carbons (Fsp3) is 0.897. The number of unbranched alkanes of at least 4 members (excludes halogenated alkanes) is 14. The minimum atomic E-state index is -1.64. The molecule has 0 aromatic carbocycles. The average Bonchev–Trinajstić information content (AvgIpc) is 2.87. The summed E-state index contributed by atoms with van der Waals surface area (Å²) in [5.74, 6) is -1.74. The summed E-state index contributed by atoms with van der Waals surface area (Å²) in [6.07, 6.45) is 18.2. The van der Waals surface area contributed by atoms with Gasteiger partial charge in [-0.3, -0.25) is 14.4 Å². The van der Waals surface area contributed by atoms with Gasteiger partial charge in [-0.2, -0.15) is 0 Å². The summed E-state index contributed by atoms with van der Waals surface area (Å²) in [6.45, 7) is 5.98. The quantitative estimate of drug-likeness (QED) is 0.0359. The highest BCUT2D eigenvalue weighted by Gasteiger charge is 2.46. The Kier molecular flexibility index (Phi) is 23.5. The molecule has 0 aliphatic heterocycles. The molecular formula is C29H53BrO6. The number of halogens is 1. The van der Waals surface area contributed by atoms with Gasteiger partial charge >= 0.3 is 17.9 Å². The van der Waals surface area contributed by atoms with Gasteiger partial charge in [0, 0.05) is 11.8 Å². The molecule has 0 amide bonds. The van der Waals surface area contributed by atoms with Crippen molar-refractivity contribution in [3.63, 3.8) is 0 Å². The number of hydrogen-bond acceptors (Lipinski definition) is 6. The Labute approximate surface area is 229 Å². The van der Waals surface area contributed by atoms with E-state index < -0.39 is 23.3 Å². The maximum atomic E-state index is 12.9. The van der Waals surface area contributed by atoms with Crippen molar-refractivity contribution in [2.45, 2.75) is 136 Å². The van der Waals surface area contributed by atoms with Gasteiger partial charge < -0.3 is 14.2 Å². The topological polar surface area (TPSA) is 78.9 Å². The van der Waals surface area contributed by atoms with Crippen LogP contribution < -0.4 is 0 Å². The van der Waals surface area contributed by atoms with E-state index in [1.165, 1.54) is 45.4 Å². The summed E-state index contributed by atoms with van der Waals surface area (Å²) in [7, 11) is 0. The first kappa shape index (κ1) is 34.9. The van der Waals surface area contributed by atoms with Crippen LogP contribution in [0.4, 0.5) is 0 Å². The van der Waals surface area contributed by atoms with Crippen LogP contribution >= 0.6 is 15.9 Å². The van der Waals surface area contributed by atoms with Crippen LogP contribution in [0.2, 0.25) is 0 Å². The fourth-order valence-electron chi connectivity index (χ4n) is 3.81. The third-order valence-electron chi connectivity index (χ3n) is 6.40. The molecule has 0 aliphatic rings. The third kappa shape index (κ3) is 18.2. The van der Waals surface area contributed by atoms with Crippen LogP contribution in [0, 0.1) is 5.41 Å². The van der Waals surface area contributed by atoms with Crippen LogP contribution in [0.15, 0.2) is 0 Å². The Hall–Kier alpha value is -1.11. The monoisotopic (exact) mass is 576 g/mol. The second kappa shape index (κ2) is 24.2. The number of hydrogen-bond donors (Lipinski definition) is 0. The number of carbonyl (C=O) groups excluding carboxylic acids is 3. The van der Waals surface area contributed by atoms with Crippen LogP contribution in [0.25, 0.3) is 0 Å². The van der Waals surface area contributed by atoms with E-state index >= 15 is 0 Å². The Balaban J connectivity index is 4.65. The highest BCUT2D eigenvalue weighted by atomic mass is 79.9. The average molecular weight is 578 g/mol. The lowest BCUT2D eigenvalue weighted by molar-refractivity contribution is -0.177. The second-order valence-corrected chi connectivity index (χ2v) is 10.8. The molecule has 7 heteroatoms. The van der Waals surface area contributed by atoms with E-state index in [1.54, 1.807) is 0 Å². The zero-order valence-corrected chi connectivity index (χ0v) is 25.0. The van der Waals surface area contributed by atoms with Gasteiger partial charge in [0.15, 0.2) is 5.41 Å². The smallest absolute Gasteiger partial charge is 0.326 e. The molecule has 0 aromatic rings. The molecule has 0 aromatic heterocycles. The van der Waals surface area contributed by atoms with Crippen molar-refractivity contribution in [3.8, 4) is 0 Å². The zero-order chi connectivity index (χ0) is 26.9. The third-order valence-corrected chi connectivity index (χ3v) is 6.96. The standard InChI is InChI=1S/C29H53BrO6/c1-4-6-8-10-15-19-23-34-27(32)29(3,28(33)35-24-20-16-11-9-7-5-2)25-36-26(31)21-17-13-12-14-18-22-30/h4-25H2,1-3H3. The van der Waals surface area contributed by atoms with Crippen LogP contribution in [-0.2, 0) is 28.6 Å². The van der Waals surface area contributed by atoms with E-state index in [0.717, 1.165) is 76.0 Å². The first-order chi connectivity index (χ1) is 17.4. The number of carbonyl (C=O) groups is 3. The van der Waals surface area contributed by atoms with E-state index in [-0.39, 0.29) is 26.2 Å². The number of ether oxygens (including phenoxy) is 3. The lowest BCUT2D eigenvalue weighted by atomic mass is 9.92. The van der Waals surface area contributed by atoms with Crippen molar-refractivity contribution < 1.29 is 28.6 Å². The van der Waals surface area contributed by atoms with E-state index in [2.05, 4.69) is 29.8 Å². The summed E-state index contributed by atoms with van der Waals surface area (Å²) >= 11 is 3.42. The molecule has 36 heavy (non-hydrogen) atoms. The Morgan fingerprint density at radius 1 is 0.583 bits per heavy atom.